The molecule has 9 heteroatoms. The Hall–Kier alpha value is -1.41. The Morgan fingerprint density at radius 1 is 1.44 bits per heavy atom. The van der Waals surface area contributed by atoms with Crippen molar-refractivity contribution in [2.75, 3.05) is 0 Å². The van der Waals surface area contributed by atoms with E-state index in [1.54, 1.807) is 0 Å². The molecule has 3 rings (SSSR count). The summed E-state index contributed by atoms with van der Waals surface area (Å²) in [5.74, 6) is 0.791. The number of fused-ring (bicyclic) bond motifs is 1. The van der Waals surface area contributed by atoms with Crippen molar-refractivity contribution in [2.24, 2.45) is 0 Å². The molecule has 0 N–H and O–H groups in total. The van der Waals surface area contributed by atoms with E-state index in [9.17, 15) is 8.42 Å². The molecule has 0 bridgehead atoms. The van der Waals surface area contributed by atoms with Crippen molar-refractivity contribution >= 4 is 25.8 Å². The maximum atomic E-state index is 10.8. The van der Waals surface area contributed by atoms with Crippen molar-refractivity contribution in [2.45, 2.75) is 25.7 Å². The van der Waals surface area contributed by atoms with Gasteiger partial charge in [0.1, 0.15) is 0 Å². The summed E-state index contributed by atoms with van der Waals surface area (Å²) in [7, 11) is 0.821. The number of hydrogen-bond acceptors (Lipinski definition) is 6. The van der Waals surface area contributed by atoms with Crippen LogP contribution < -0.4 is 4.18 Å². The van der Waals surface area contributed by atoms with Gasteiger partial charge in [0.05, 0.1) is 10.7 Å². The van der Waals surface area contributed by atoms with E-state index in [0.717, 1.165) is 24.2 Å². The van der Waals surface area contributed by atoms with Gasteiger partial charge >= 0.3 is 15.3 Å². The van der Waals surface area contributed by atoms with Gasteiger partial charge in [0.15, 0.2) is 0 Å². The molecule has 0 aliphatic heterocycles. The van der Waals surface area contributed by atoms with E-state index < -0.39 is 9.33 Å². The summed E-state index contributed by atoms with van der Waals surface area (Å²) in [6, 6.07) is 1.59. The van der Waals surface area contributed by atoms with E-state index in [-0.39, 0.29) is 6.01 Å². The second-order valence-corrected chi connectivity index (χ2v) is 6.27. The number of aromatic nitrogens is 4. The fraction of sp³-hybridized carbons (Fsp3) is 0.444. The van der Waals surface area contributed by atoms with Crippen LogP contribution in [0.1, 0.15) is 30.1 Å². The maximum Gasteiger partial charge on any atom is 0.403 e. The number of nitrogens with zero attached hydrogens (tertiary/aromatic N) is 4. The van der Waals surface area contributed by atoms with Gasteiger partial charge in [0.2, 0.25) is 0 Å². The Morgan fingerprint density at radius 2 is 2.17 bits per heavy atom. The van der Waals surface area contributed by atoms with Crippen LogP contribution in [-0.4, -0.2) is 28.0 Å². The Morgan fingerprint density at radius 3 is 2.78 bits per heavy atom. The van der Waals surface area contributed by atoms with Gasteiger partial charge in [-0.15, -0.1) is 5.10 Å². The van der Waals surface area contributed by atoms with E-state index in [4.69, 9.17) is 10.7 Å². The van der Waals surface area contributed by atoms with Crippen LogP contribution in [0.5, 0.6) is 6.01 Å². The summed E-state index contributed by atoms with van der Waals surface area (Å²) in [4.78, 5) is 8.20. The Bertz CT molecular complexity index is 723. The van der Waals surface area contributed by atoms with Crippen molar-refractivity contribution < 1.29 is 12.6 Å². The molecule has 0 radical (unpaired) electrons. The van der Waals surface area contributed by atoms with Crippen molar-refractivity contribution in [3.05, 3.63) is 17.5 Å². The van der Waals surface area contributed by atoms with Gasteiger partial charge in [-0.1, -0.05) is 0 Å². The van der Waals surface area contributed by atoms with Crippen molar-refractivity contribution in [3.63, 3.8) is 0 Å². The SMILES string of the molecule is Cc1cc(C2CC2)nc2nc(OS(=O)(=O)Cl)nn12. The van der Waals surface area contributed by atoms with Crippen molar-refractivity contribution in [1.82, 2.24) is 19.6 Å². The zero-order valence-electron chi connectivity index (χ0n) is 9.37. The highest BCUT2D eigenvalue weighted by molar-refractivity contribution is 8.10. The molecule has 18 heavy (non-hydrogen) atoms. The molecule has 0 atom stereocenters. The first-order valence-corrected chi connectivity index (χ1v) is 7.54. The lowest BCUT2D eigenvalue weighted by molar-refractivity contribution is 0.480. The summed E-state index contributed by atoms with van der Waals surface area (Å²) >= 11 is 0. The molecular formula is C9H9ClN4O3S. The Labute approximate surface area is 107 Å². The van der Waals surface area contributed by atoms with Gasteiger partial charge in [0, 0.05) is 17.3 Å². The van der Waals surface area contributed by atoms with Crippen LogP contribution in [-0.2, 0) is 9.33 Å². The molecule has 1 saturated carbocycles. The van der Waals surface area contributed by atoms with Crippen LogP contribution >= 0.6 is 10.7 Å². The molecule has 96 valence electrons. The molecule has 0 saturated heterocycles. The summed E-state index contributed by atoms with van der Waals surface area (Å²) in [6.07, 6.45) is 2.24. The van der Waals surface area contributed by atoms with E-state index in [1.807, 2.05) is 13.0 Å². The van der Waals surface area contributed by atoms with Crippen molar-refractivity contribution in [3.8, 4) is 6.01 Å². The fourth-order valence-corrected chi connectivity index (χ4v) is 2.15. The first-order valence-electron chi connectivity index (χ1n) is 5.31. The van der Waals surface area contributed by atoms with Crippen LogP contribution in [0.2, 0.25) is 0 Å². The fourth-order valence-electron chi connectivity index (χ4n) is 1.73. The quantitative estimate of drug-likeness (QED) is 0.788. The second-order valence-electron chi connectivity index (χ2n) is 4.18. The molecule has 0 aromatic carbocycles. The normalized spacial score (nSPS) is 16.1. The zero-order valence-corrected chi connectivity index (χ0v) is 10.9. The smallest absolute Gasteiger partial charge is 0.330 e. The standard InChI is InChI=1S/C9H9ClN4O3S/c1-5-4-7(6-2-3-6)11-8-12-9(13-14(5)8)17-18(10,15)16/h4,6H,2-3H2,1H3. The average molecular weight is 289 g/mol. The Balaban J connectivity index is 2.08. The molecular weight excluding hydrogens is 280 g/mol. The lowest BCUT2D eigenvalue weighted by Crippen LogP contribution is -2.02. The van der Waals surface area contributed by atoms with Gasteiger partial charge in [-0.2, -0.15) is 17.9 Å². The van der Waals surface area contributed by atoms with E-state index in [2.05, 4.69) is 19.2 Å². The number of rotatable bonds is 3. The molecule has 2 aromatic rings. The molecule has 0 spiro atoms. The highest BCUT2D eigenvalue weighted by Crippen LogP contribution is 2.39. The van der Waals surface area contributed by atoms with E-state index >= 15 is 0 Å². The third-order valence-electron chi connectivity index (χ3n) is 2.66. The predicted octanol–water partition coefficient (Wildman–Crippen LogP) is 1.17. The van der Waals surface area contributed by atoms with E-state index in [1.165, 1.54) is 4.52 Å². The van der Waals surface area contributed by atoms with Crippen LogP contribution in [0, 0.1) is 6.92 Å². The van der Waals surface area contributed by atoms with Gasteiger partial charge in [0.25, 0.3) is 5.78 Å². The van der Waals surface area contributed by atoms with Gasteiger partial charge in [-0.05, 0) is 25.8 Å². The number of halogens is 1. The zero-order chi connectivity index (χ0) is 12.9. The molecule has 7 nitrogen and oxygen atoms in total. The lowest BCUT2D eigenvalue weighted by atomic mass is 10.2. The van der Waals surface area contributed by atoms with Crippen LogP contribution in [0.4, 0.5) is 0 Å². The molecule has 0 unspecified atom stereocenters. The van der Waals surface area contributed by atoms with Gasteiger partial charge in [-0.25, -0.2) is 4.98 Å². The topological polar surface area (TPSA) is 86.5 Å². The molecule has 0 amide bonds. The van der Waals surface area contributed by atoms with Crippen molar-refractivity contribution in [1.29, 1.82) is 0 Å². The predicted molar refractivity (Wildman–Crippen MR) is 62.9 cm³/mol. The minimum absolute atomic E-state index is 0.312. The number of aryl methyl sites for hydroxylation is 1. The highest BCUT2D eigenvalue weighted by atomic mass is 35.7. The minimum Gasteiger partial charge on any atom is -0.330 e. The lowest BCUT2D eigenvalue weighted by Gasteiger charge is -2.00. The summed E-state index contributed by atoms with van der Waals surface area (Å²) < 4.78 is 27.4. The third-order valence-corrected chi connectivity index (χ3v) is 3.20. The van der Waals surface area contributed by atoms with Crippen LogP contribution in [0.3, 0.4) is 0 Å². The molecule has 1 aliphatic rings. The first-order chi connectivity index (χ1) is 8.42. The summed E-state index contributed by atoms with van der Waals surface area (Å²) in [5.41, 5.74) is 1.77. The van der Waals surface area contributed by atoms with E-state index in [0.29, 0.717) is 11.7 Å². The van der Waals surface area contributed by atoms with Crippen LogP contribution in [0.15, 0.2) is 6.07 Å². The largest absolute Gasteiger partial charge is 0.403 e. The second kappa shape index (κ2) is 3.79. The highest BCUT2D eigenvalue weighted by Gasteiger charge is 2.26. The monoisotopic (exact) mass is 288 g/mol. The molecule has 2 heterocycles. The summed E-state index contributed by atoms with van der Waals surface area (Å²) in [5, 5.41) is 3.88. The average Bonchev–Trinajstić information content (AvgIpc) is 2.98. The summed E-state index contributed by atoms with van der Waals surface area (Å²) in [6.45, 7) is 1.84. The van der Waals surface area contributed by atoms with Gasteiger partial charge in [-0.3, -0.25) is 0 Å². The molecule has 1 aliphatic carbocycles. The maximum absolute atomic E-state index is 10.8. The molecule has 1 fully saturated rings. The molecule has 2 aromatic heterocycles. The third kappa shape index (κ3) is 2.25. The first kappa shape index (κ1) is 11.7. The number of hydrogen-bond donors (Lipinski definition) is 0. The van der Waals surface area contributed by atoms with Crippen LogP contribution in [0.25, 0.3) is 5.78 Å². The minimum atomic E-state index is -4.15. The Kier molecular flexibility index (Phi) is 2.46. The van der Waals surface area contributed by atoms with Gasteiger partial charge < -0.3 is 4.18 Å².